The van der Waals surface area contributed by atoms with E-state index < -0.39 is 49.2 Å². The Morgan fingerprint density at radius 2 is 1.71 bits per heavy atom. The predicted octanol–water partition coefficient (Wildman–Crippen LogP) is 2.45. The lowest BCUT2D eigenvalue weighted by atomic mass is 10.0. The molecule has 3 heterocycles. The minimum absolute atomic E-state index is 0.325. The Bertz CT molecular complexity index is 521. The van der Waals surface area contributed by atoms with Crippen molar-refractivity contribution in [3.63, 3.8) is 0 Å². The number of fused-ring (bicyclic) bond motifs is 1. The minimum Gasteiger partial charge on any atom is -0.380 e. The highest BCUT2D eigenvalue weighted by atomic mass is 31.2. The largest absolute Gasteiger partial charge is 0.380 e. The fraction of sp³-hybridized carbons (Fsp3) is 1.00. The molecule has 6 atom stereocenters. The fourth-order valence-corrected chi connectivity index (χ4v) is 6.17. The molecule has 7 nitrogen and oxygen atoms in total. The lowest BCUT2D eigenvalue weighted by Crippen LogP contribution is -2.54. The first kappa shape index (κ1) is 18.8. The zero-order valence-electron chi connectivity index (χ0n) is 15.1. The van der Waals surface area contributed by atoms with Crippen LogP contribution in [0.15, 0.2) is 0 Å². The first-order chi connectivity index (χ1) is 11.1. The van der Waals surface area contributed by atoms with E-state index in [2.05, 4.69) is 0 Å². The zero-order chi connectivity index (χ0) is 17.8. The Kier molecular flexibility index (Phi) is 4.93. The van der Waals surface area contributed by atoms with Crippen LogP contribution in [-0.2, 0) is 28.0 Å². The number of unbranched alkanes of at least 4 members (excludes halogenated alkanes) is 1. The maximum atomic E-state index is 13.3. The lowest BCUT2D eigenvalue weighted by Gasteiger charge is -2.41. The highest BCUT2D eigenvalue weighted by Crippen LogP contribution is 2.61. The average molecular weight is 364 g/mol. The summed E-state index contributed by atoms with van der Waals surface area (Å²) in [6.45, 7) is 9.56. The fourth-order valence-electron chi connectivity index (χ4n) is 3.57. The van der Waals surface area contributed by atoms with E-state index in [0.717, 1.165) is 12.8 Å². The second kappa shape index (κ2) is 6.31. The van der Waals surface area contributed by atoms with E-state index in [4.69, 9.17) is 23.5 Å². The van der Waals surface area contributed by atoms with Gasteiger partial charge >= 0.3 is 0 Å². The molecule has 3 rings (SSSR count). The van der Waals surface area contributed by atoms with Gasteiger partial charge in [0.2, 0.25) is 7.37 Å². The molecule has 0 aliphatic carbocycles. The maximum Gasteiger partial charge on any atom is 0.233 e. The normalized spacial score (nSPS) is 46.8. The van der Waals surface area contributed by atoms with Crippen LogP contribution in [-0.4, -0.2) is 59.7 Å². The van der Waals surface area contributed by atoms with Gasteiger partial charge in [-0.15, -0.1) is 0 Å². The van der Waals surface area contributed by atoms with Crippen molar-refractivity contribution in [3.8, 4) is 0 Å². The number of aliphatic hydroxyl groups is 1. The Labute approximate surface area is 143 Å². The SMILES string of the molecule is CCCC[P@]1(=O)O[C@H]([C@H]2COC(C)(C)O2)[C@@H]2OC(C)(C)O[C@@H]2[C@@H]1O. The van der Waals surface area contributed by atoms with Crippen LogP contribution in [0.1, 0.15) is 47.5 Å². The van der Waals surface area contributed by atoms with Gasteiger partial charge in [0.05, 0.1) is 6.61 Å². The molecule has 24 heavy (non-hydrogen) atoms. The number of hydrogen-bond acceptors (Lipinski definition) is 7. The van der Waals surface area contributed by atoms with Gasteiger partial charge in [0, 0.05) is 6.16 Å². The molecule has 1 N–H and O–H groups in total. The molecule has 0 radical (unpaired) electrons. The van der Waals surface area contributed by atoms with Crippen LogP contribution in [0.2, 0.25) is 0 Å². The molecule has 0 aromatic heterocycles. The van der Waals surface area contributed by atoms with Crippen molar-refractivity contribution in [2.75, 3.05) is 12.8 Å². The van der Waals surface area contributed by atoms with Crippen molar-refractivity contribution in [2.45, 2.75) is 89.3 Å². The van der Waals surface area contributed by atoms with E-state index in [0.29, 0.717) is 12.8 Å². The molecule has 3 fully saturated rings. The quantitative estimate of drug-likeness (QED) is 0.767. The minimum atomic E-state index is -3.28. The summed E-state index contributed by atoms with van der Waals surface area (Å²) in [5, 5.41) is 10.7. The van der Waals surface area contributed by atoms with Gasteiger partial charge in [-0.25, -0.2) is 0 Å². The Morgan fingerprint density at radius 3 is 2.29 bits per heavy atom. The Morgan fingerprint density at radius 1 is 1.04 bits per heavy atom. The molecule has 0 amide bonds. The molecule has 8 heteroatoms. The summed E-state index contributed by atoms with van der Waals surface area (Å²) in [6, 6.07) is 0. The van der Waals surface area contributed by atoms with Gasteiger partial charge < -0.3 is 28.6 Å². The third-order valence-electron chi connectivity index (χ3n) is 4.70. The second-order valence-corrected chi connectivity index (χ2v) is 10.4. The molecule has 0 saturated carbocycles. The van der Waals surface area contributed by atoms with Gasteiger partial charge in [-0.3, -0.25) is 4.57 Å². The van der Waals surface area contributed by atoms with Crippen LogP contribution in [0.3, 0.4) is 0 Å². The summed E-state index contributed by atoms with van der Waals surface area (Å²) in [7, 11) is -3.28. The molecule has 140 valence electrons. The van der Waals surface area contributed by atoms with Crippen LogP contribution in [0.4, 0.5) is 0 Å². The number of aliphatic hydroxyl groups excluding tert-OH is 1. The molecule has 0 bridgehead atoms. The smallest absolute Gasteiger partial charge is 0.233 e. The first-order valence-corrected chi connectivity index (χ1v) is 10.6. The molecule has 0 spiro atoms. The lowest BCUT2D eigenvalue weighted by molar-refractivity contribution is -0.174. The van der Waals surface area contributed by atoms with E-state index in [1.807, 2.05) is 20.8 Å². The van der Waals surface area contributed by atoms with Gasteiger partial charge in [0.1, 0.15) is 24.4 Å². The van der Waals surface area contributed by atoms with Gasteiger partial charge in [0.15, 0.2) is 17.4 Å². The number of ether oxygens (including phenoxy) is 4. The molecular weight excluding hydrogens is 335 g/mol. The summed E-state index contributed by atoms with van der Waals surface area (Å²) in [6.07, 6.45) is -0.314. The molecule has 0 unspecified atom stereocenters. The average Bonchev–Trinajstić information content (AvgIpc) is 3.00. The number of hydrogen-bond donors (Lipinski definition) is 1. The molecule has 3 aliphatic rings. The summed E-state index contributed by atoms with van der Waals surface area (Å²) < 4.78 is 42.6. The zero-order valence-corrected chi connectivity index (χ0v) is 16.0. The summed E-state index contributed by atoms with van der Waals surface area (Å²) in [4.78, 5) is 0. The third-order valence-corrected chi connectivity index (χ3v) is 7.34. The molecule has 3 saturated heterocycles. The first-order valence-electron chi connectivity index (χ1n) is 8.69. The predicted molar refractivity (Wildman–Crippen MR) is 87.0 cm³/mol. The summed E-state index contributed by atoms with van der Waals surface area (Å²) in [5.41, 5.74) is 0. The van der Waals surface area contributed by atoms with E-state index in [9.17, 15) is 9.67 Å². The van der Waals surface area contributed by atoms with Crippen LogP contribution in [0.25, 0.3) is 0 Å². The van der Waals surface area contributed by atoms with Gasteiger partial charge in [-0.1, -0.05) is 13.3 Å². The van der Waals surface area contributed by atoms with E-state index in [1.54, 1.807) is 13.8 Å². The monoisotopic (exact) mass is 364 g/mol. The van der Waals surface area contributed by atoms with Crippen molar-refractivity contribution in [1.29, 1.82) is 0 Å². The highest BCUT2D eigenvalue weighted by Gasteiger charge is 2.61. The van der Waals surface area contributed by atoms with Gasteiger partial charge in [-0.05, 0) is 34.1 Å². The van der Waals surface area contributed by atoms with Crippen molar-refractivity contribution >= 4 is 7.37 Å². The third kappa shape index (κ3) is 3.45. The Hall–Kier alpha value is -0.0100. The Balaban J connectivity index is 1.87. The van der Waals surface area contributed by atoms with Crippen molar-refractivity contribution in [3.05, 3.63) is 0 Å². The second-order valence-electron chi connectivity index (χ2n) is 7.72. The van der Waals surface area contributed by atoms with Crippen molar-refractivity contribution in [2.24, 2.45) is 0 Å². The van der Waals surface area contributed by atoms with Crippen LogP contribution >= 0.6 is 7.37 Å². The molecule has 3 aliphatic heterocycles. The van der Waals surface area contributed by atoms with E-state index in [-0.39, 0.29) is 0 Å². The van der Waals surface area contributed by atoms with Gasteiger partial charge in [-0.2, -0.15) is 0 Å². The summed E-state index contributed by atoms with van der Waals surface area (Å²) in [5.74, 6) is -2.77. The van der Waals surface area contributed by atoms with Gasteiger partial charge in [0.25, 0.3) is 0 Å². The van der Waals surface area contributed by atoms with Crippen LogP contribution in [0.5, 0.6) is 0 Å². The molecule has 0 aromatic rings. The maximum absolute atomic E-state index is 13.3. The van der Waals surface area contributed by atoms with E-state index >= 15 is 0 Å². The molecular formula is C16H29O7P. The van der Waals surface area contributed by atoms with Crippen molar-refractivity contribution in [1.82, 2.24) is 0 Å². The van der Waals surface area contributed by atoms with Crippen molar-refractivity contribution < 1.29 is 33.1 Å². The molecule has 0 aromatic carbocycles. The highest BCUT2D eigenvalue weighted by molar-refractivity contribution is 7.59. The topological polar surface area (TPSA) is 83.5 Å². The van der Waals surface area contributed by atoms with Crippen LogP contribution < -0.4 is 0 Å². The summed E-state index contributed by atoms with van der Waals surface area (Å²) >= 11 is 0. The standard InChI is InChI=1S/C16H29O7P/c1-6-7-8-24(18)14(17)13-12(21-16(4,5)22-13)11(23-24)10-9-19-15(2,3)20-10/h10-14,17H,6-9H2,1-5H3/t10-,11-,12+,13+,14-,24+/m1/s1. The van der Waals surface area contributed by atoms with E-state index in [1.165, 1.54) is 0 Å². The number of rotatable bonds is 4. The van der Waals surface area contributed by atoms with Crippen LogP contribution in [0, 0.1) is 0 Å².